The fourth-order valence-electron chi connectivity index (χ4n) is 4.58. The molecular weight excluding hydrogens is 484 g/mol. The highest BCUT2D eigenvalue weighted by Gasteiger charge is 2.31. The molecule has 0 bridgehead atoms. The third-order valence-corrected chi connectivity index (χ3v) is 6.51. The highest BCUT2D eigenvalue weighted by Crippen LogP contribution is 2.28. The van der Waals surface area contributed by atoms with Gasteiger partial charge in [0.2, 0.25) is 0 Å². The number of nitriles is 1. The third kappa shape index (κ3) is 6.50. The molecule has 2 aliphatic rings. The molecule has 2 aromatic carbocycles. The van der Waals surface area contributed by atoms with Crippen molar-refractivity contribution in [1.29, 1.82) is 5.26 Å². The van der Waals surface area contributed by atoms with Gasteiger partial charge >= 0.3 is 6.09 Å². The van der Waals surface area contributed by atoms with Gasteiger partial charge in [-0.1, -0.05) is 30.3 Å². The number of nitrogens with zero attached hydrogens (tertiary/aromatic N) is 3. The second-order valence-corrected chi connectivity index (χ2v) is 10.8. The predicted molar refractivity (Wildman–Crippen MR) is 141 cm³/mol. The predicted octanol–water partition coefficient (Wildman–Crippen LogP) is 3.52. The summed E-state index contributed by atoms with van der Waals surface area (Å²) in [5, 5.41) is 12.5. The smallest absolute Gasteiger partial charge is 0.410 e. The number of amides is 3. The van der Waals surface area contributed by atoms with E-state index >= 15 is 0 Å². The zero-order valence-electron chi connectivity index (χ0n) is 22.3. The molecule has 2 heterocycles. The van der Waals surface area contributed by atoms with Gasteiger partial charge in [0.25, 0.3) is 11.8 Å². The number of hydrogen-bond donors (Lipinski definition) is 1. The van der Waals surface area contributed by atoms with Crippen LogP contribution in [0.4, 0.5) is 4.79 Å². The number of carbonyl (C=O) groups is 3. The fraction of sp³-hybridized carbons (Fsp3) is 0.448. The number of benzene rings is 2. The van der Waals surface area contributed by atoms with E-state index in [0.717, 1.165) is 27.8 Å². The number of ether oxygens (including phenoxy) is 2. The molecular formula is C29H34N4O5. The van der Waals surface area contributed by atoms with Gasteiger partial charge in [-0.05, 0) is 61.6 Å². The summed E-state index contributed by atoms with van der Waals surface area (Å²) in [6.07, 6.45) is -0.448. The SMILES string of the molecule is CN1Cc2cc(-c3ccc(C[C@@H](C#N)NC(=O)[C@@H]4CN(C(=O)OC(C)(C)C)CCCO4)cc3)ccc2C1=O. The first-order chi connectivity index (χ1) is 18.0. The van der Waals surface area contributed by atoms with Crippen LogP contribution in [-0.2, 0) is 27.2 Å². The minimum atomic E-state index is -0.881. The lowest BCUT2D eigenvalue weighted by Crippen LogP contribution is -2.48. The van der Waals surface area contributed by atoms with Gasteiger partial charge in [0.15, 0.2) is 6.10 Å². The maximum absolute atomic E-state index is 12.9. The first kappa shape index (κ1) is 27.1. The lowest BCUT2D eigenvalue weighted by Gasteiger charge is -2.27. The van der Waals surface area contributed by atoms with Crippen molar-refractivity contribution in [2.24, 2.45) is 0 Å². The normalized spacial score (nSPS) is 18.3. The number of rotatable bonds is 5. The van der Waals surface area contributed by atoms with Crippen LogP contribution in [0.2, 0.25) is 0 Å². The van der Waals surface area contributed by atoms with Crippen molar-refractivity contribution in [3.8, 4) is 17.2 Å². The van der Waals surface area contributed by atoms with Crippen LogP contribution in [-0.4, -0.2) is 72.2 Å². The Morgan fingerprint density at radius 3 is 2.58 bits per heavy atom. The minimum absolute atomic E-state index is 0.0401. The van der Waals surface area contributed by atoms with E-state index in [1.165, 1.54) is 4.90 Å². The first-order valence-corrected chi connectivity index (χ1v) is 12.8. The molecule has 38 heavy (non-hydrogen) atoms. The zero-order valence-corrected chi connectivity index (χ0v) is 22.3. The first-order valence-electron chi connectivity index (χ1n) is 12.8. The Morgan fingerprint density at radius 1 is 1.18 bits per heavy atom. The van der Waals surface area contributed by atoms with E-state index in [-0.39, 0.29) is 12.5 Å². The highest BCUT2D eigenvalue weighted by atomic mass is 16.6. The van der Waals surface area contributed by atoms with Gasteiger partial charge in [-0.3, -0.25) is 9.59 Å². The topological polar surface area (TPSA) is 112 Å². The number of carbonyl (C=O) groups excluding carboxylic acids is 3. The van der Waals surface area contributed by atoms with Gasteiger partial charge in [-0.2, -0.15) is 5.26 Å². The van der Waals surface area contributed by atoms with Crippen LogP contribution in [0.25, 0.3) is 11.1 Å². The molecule has 1 saturated heterocycles. The van der Waals surface area contributed by atoms with E-state index in [2.05, 4.69) is 11.4 Å². The molecule has 4 rings (SSSR count). The molecule has 0 saturated carbocycles. The molecule has 9 nitrogen and oxygen atoms in total. The summed E-state index contributed by atoms with van der Waals surface area (Å²) in [4.78, 5) is 40.8. The monoisotopic (exact) mass is 518 g/mol. The van der Waals surface area contributed by atoms with Crippen LogP contribution < -0.4 is 5.32 Å². The summed E-state index contributed by atoms with van der Waals surface area (Å²) in [7, 11) is 1.79. The van der Waals surface area contributed by atoms with Gasteiger partial charge in [-0.15, -0.1) is 0 Å². The maximum Gasteiger partial charge on any atom is 0.410 e. The maximum atomic E-state index is 12.9. The quantitative estimate of drug-likeness (QED) is 0.648. The Morgan fingerprint density at radius 2 is 1.89 bits per heavy atom. The molecule has 2 atom stereocenters. The molecule has 0 radical (unpaired) electrons. The van der Waals surface area contributed by atoms with E-state index in [1.807, 2.05) is 42.5 Å². The second-order valence-electron chi connectivity index (χ2n) is 10.8. The summed E-state index contributed by atoms with van der Waals surface area (Å²) < 4.78 is 11.1. The van der Waals surface area contributed by atoms with Gasteiger partial charge in [-0.25, -0.2) is 4.79 Å². The van der Waals surface area contributed by atoms with Crippen molar-refractivity contribution in [2.45, 2.75) is 57.9 Å². The molecule has 0 unspecified atom stereocenters. The molecule has 1 N–H and O–H groups in total. The van der Waals surface area contributed by atoms with Crippen LogP contribution >= 0.6 is 0 Å². The Kier molecular flexibility index (Phi) is 8.02. The van der Waals surface area contributed by atoms with Crippen LogP contribution in [0.3, 0.4) is 0 Å². The Bertz CT molecular complexity index is 1250. The Labute approximate surface area is 223 Å². The van der Waals surface area contributed by atoms with Crippen molar-refractivity contribution in [3.63, 3.8) is 0 Å². The molecule has 200 valence electrons. The number of fused-ring (bicyclic) bond motifs is 1. The van der Waals surface area contributed by atoms with Gasteiger partial charge in [0.05, 0.1) is 12.6 Å². The second kappa shape index (κ2) is 11.2. The van der Waals surface area contributed by atoms with E-state index in [0.29, 0.717) is 32.5 Å². The number of nitrogens with one attached hydrogen (secondary N) is 1. The van der Waals surface area contributed by atoms with Gasteiger partial charge in [0.1, 0.15) is 11.6 Å². The molecule has 3 amide bonds. The number of hydrogen-bond acceptors (Lipinski definition) is 6. The standard InChI is InChI=1S/C29H34N4O5/c1-29(2,3)38-28(36)33-12-5-13-37-25(18-33)26(34)31-23(16-30)14-19-6-8-20(9-7-19)21-10-11-24-22(15-21)17-32(4)27(24)35/h6-11,15,23,25H,5,12-14,17-18H2,1-4H3,(H,31,34)/t23-,25-/m0/s1. The highest BCUT2D eigenvalue weighted by molar-refractivity contribution is 5.98. The van der Waals surface area contributed by atoms with Crippen molar-refractivity contribution >= 4 is 17.9 Å². The van der Waals surface area contributed by atoms with Crippen molar-refractivity contribution in [1.82, 2.24) is 15.1 Å². The lowest BCUT2D eigenvalue weighted by atomic mass is 9.98. The Hall–Kier alpha value is -3.90. The molecule has 9 heteroatoms. The van der Waals surface area contributed by atoms with E-state index in [1.54, 1.807) is 32.7 Å². The van der Waals surface area contributed by atoms with Gasteiger partial charge < -0.3 is 24.6 Å². The molecule has 0 spiro atoms. The van der Waals surface area contributed by atoms with Crippen LogP contribution in [0.5, 0.6) is 0 Å². The minimum Gasteiger partial charge on any atom is -0.444 e. The van der Waals surface area contributed by atoms with E-state index in [4.69, 9.17) is 9.47 Å². The van der Waals surface area contributed by atoms with Crippen molar-refractivity contribution in [2.75, 3.05) is 26.7 Å². The van der Waals surface area contributed by atoms with Crippen LogP contribution in [0.1, 0.15) is 48.7 Å². The van der Waals surface area contributed by atoms with E-state index < -0.39 is 29.7 Å². The van der Waals surface area contributed by atoms with E-state index in [9.17, 15) is 19.6 Å². The molecule has 0 aromatic heterocycles. The summed E-state index contributed by atoms with van der Waals surface area (Å²) in [5.74, 6) is -0.389. The average molecular weight is 519 g/mol. The van der Waals surface area contributed by atoms with Crippen LogP contribution in [0, 0.1) is 11.3 Å². The summed E-state index contributed by atoms with van der Waals surface area (Å²) in [6.45, 7) is 6.81. The summed E-state index contributed by atoms with van der Waals surface area (Å²) >= 11 is 0. The van der Waals surface area contributed by atoms with Crippen molar-refractivity contribution < 1.29 is 23.9 Å². The molecule has 0 aliphatic carbocycles. The Balaban J connectivity index is 1.36. The molecule has 2 aromatic rings. The van der Waals surface area contributed by atoms with Crippen molar-refractivity contribution in [3.05, 3.63) is 59.2 Å². The third-order valence-electron chi connectivity index (χ3n) is 6.51. The van der Waals surface area contributed by atoms with Gasteiger partial charge in [0, 0.05) is 38.7 Å². The van der Waals surface area contributed by atoms with Crippen LogP contribution in [0.15, 0.2) is 42.5 Å². The summed E-state index contributed by atoms with van der Waals surface area (Å²) in [5.41, 5.74) is 4.03. The average Bonchev–Trinajstić information content (AvgIpc) is 3.03. The summed E-state index contributed by atoms with van der Waals surface area (Å²) in [6, 6.07) is 15.1. The fourth-order valence-corrected chi connectivity index (χ4v) is 4.58. The molecule has 2 aliphatic heterocycles. The molecule has 1 fully saturated rings. The zero-order chi connectivity index (χ0) is 27.4. The largest absolute Gasteiger partial charge is 0.444 e. The lowest BCUT2D eigenvalue weighted by molar-refractivity contribution is -0.133.